The predicted octanol–water partition coefficient (Wildman–Crippen LogP) is 1.78. The van der Waals surface area contributed by atoms with Crippen molar-refractivity contribution >= 4 is 16.0 Å². The van der Waals surface area contributed by atoms with Crippen LogP contribution in [0.1, 0.15) is 31.2 Å². The van der Waals surface area contributed by atoms with Crippen LogP contribution < -0.4 is 4.72 Å². The van der Waals surface area contributed by atoms with Gasteiger partial charge < -0.3 is 5.11 Å². The zero-order chi connectivity index (χ0) is 15.0. The highest BCUT2D eigenvalue weighted by molar-refractivity contribution is 7.89. The van der Waals surface area contributed by atoms with Gasteiger partial charge in [-0.25, -0.2) is 13.1 Å². The van der Waals surface area contributed by atoms with Crippen molar-refractivity contribution in [3.05, 3.63) is 29.8 Å². The summed E-state index contributed by atoms with van der Waals surface area (Å²) in [6.07, 6.45) is 4.35. The topological polar surface area (TPSA) is 83.5 Å². The Hall–Kier alpha value is -1.40. The number of aliphatic carboxylic acids is 1. The molecular weight excluding hydrogens is 290 g/mol. The number of rotatable bonds is 7. The van der Waals surface area contributed by atoms with Crippen molar-refractivity contribution in [2.45, 2.75) is 43.0 Å². The van der Waals surface area contributed by atoms with E-state index in [2.05, 4.69) is 4.72 Å². The van der Waals surface area contributed by atoms with E-state index >= 15 is 0 Å². The Labute approximate surface area is 124 Å². The van der Waals surface area contributed by atoms with Crippen molar-refractivity contribution in [1.82, 2.24) is 4.72 Å². The number of nitrogens with one attached hydrogen (secondary N) is 1. The van der Waals surface area contributed by atoms with Gasteiger partial charge in [-0.15, -0.1) is 0 Å². The van der Waals surface area contributed by atoms with E-state index < -0.39 is 16.0 Å². The zero-order valence-electron chi connectivity index (χ0n) is 11.7. The van der Waals surface area contributed by atoms with Crippen LogP contribution in [0.15, 0.2) is 29.2 Å². The number of benzene rings is 1. The van der Waals surface area contributed by atoms with Crippen molar-refractivity contribution in [2.24, 2.45) is 11.8 Å². The maximum absolute atomic E-state index is 12.4. The molecule has 0 amide bonds. The molecule has 0 bridgehead atoms. The third kappa shape index (κ3) is 3.63. The van der Waals surface area contributed by atoms with E-state index in [0.717, 1.165) is 25.7 Å². The average molecular weight is 309 g/mol. The summed E-state index contributed by atoms with van der Waals surface area (Å²) in [6.45, 7) is 0. The predicted molar refractivity (Wildman–Crippen MR) is 77.3 cm³/mol. The van der Waals surface area contributed by atoms with Crippen LogP contribution in [-0.4, -0.2) is 25.5 Å². The van der Waals surface area contributed by atoms with Crippen LogP contribution in [0.4, 0.5) is 0 Å². The lowest BCUT2D eigenvalue weighted by molar-refractivity contribution is -0.136. The largest absolute Gasteiger partial charge is 0.481 e. The summed E-state index contributed by atoms with van der Waals surface area (Å²) in [4.78, 5) is 10.8. The minimum atomic E-state index is -3.51. The average Bonchev–Trinajstić information content (AvgIpc) is 3.27. The number of carboxylic acid groups (broad SMARTS) is 1. The maximum atomic E-state index is 12.4. The molecule has 2 aliphatic carbocycles. The monoisotopic (exact) mass is 309 g/mol. The minimum absolute atomic E-state index is 0.0775. The Balaban J connectivity index is 1.72. The Morgan fingerprint density at radius 3 is 2.10 bits per heavy atom. The number of hydrogen-bond donors (Lipinski definition) is 2. The molecule has 0 saturated heterocycles. The molecule has 0 aliphatic heterocycles. The van der Waals surface area contributed by atoms with Crippen molar-refractivity contribution in [1.29, 1.82) is 0 Å². The Bertz CT molecular complexity index is 618. The van der Waals surface area contributed by atoms with Crippen LogP contribution in [0, 0.1) is 11.8 Å². The Morgan fingerprint density at radius 2 is 1.67 bits per heavy atom. The van der Waals surface area contributed by atoms with E-state index in [9.17, 15) is 13.2 Å². The van der Waals surface area contributed by atoms with Crippen molar-refractivity contribution in [3.8, 4) is 0 Å². The molecule has 1 aromatic carbocycles. The Kier molecular flexibility index (Phi) is 3.75. The molecule has 0 heterocycles. The van der Waals surface area contributed by atoms with E-state index in [0.29, 0.717) is 17.4 Å². The van der Waals surface area contributed by atoms with Crippen LogP contribution in [0.5, 0.6) is 0 Å². The highest BCUT2D eigenvalue weighted by Crippen LogP contribution is 2.45. The van der Waals surface area contributed by atoms with E-state index in [1.807, 2.05) is 0 Å². The third-order valence-corrected chi connectivity index (χ3v) is 5.62. The van der Waals surface area contributed by atoms with Gasteiger partial charge in [0, 0.05) is 6.04 Å². The molecule has 2 N–H and O–H groups in total. The molecule has 21 heavy (non-hydrogen) atoms. The standard InChI is InChI=1S/C15H19NO4S/c17-14(18)9-10-1-7-13(8-2-10)21(19,20)16-15(11-3-4-11)12-5-6-12/h1-2,7-8,11-12,15-16H,3-6,9H2,(H,17,18). The fourth-order valence-electron chi connectivity index (χ4n) is 2.70. The first-order valence-electron chi connectivity index (χ1n) is 7.29. The van der Waals surface area contributed by atoms with Gasteiger partial charge in [0.1, 0.15) is 0 Å². The molecule has 0 unspecified atom stereocenters. The van der Waals surface area contributed by atoms with Crippen LogP contribution in [-0.2, 0) is 21.2 Å². The molecular formula is C15H19NO4S. The first-order valence-corrected chi connectivity index (χ1v) is 8.77. The van der Waals surface area contributed by atoms with Crippen molar-refractivity contribution in [2.75, 3.05) is 0 Å². The van der Waals surface area contributed by atoms with Crippen molar-refractivity contribution in [3.63, 3.8) is 0 Å². The molecule has 2 fully saturated rings. The normalized spacial score (nSPS) is 18.9. The van der Waals surface area contributed by atoms with Gasteiger partial charge in [-0.3, -0.25) is 4.79 Å². The fraction of sp³-hybridized carbons (Fsp3) is 0.533. The summed E-state index contributed by atoms with van der Waals surface area (Å²) in [7, 11) is -3.51. The second-order valence-electron chi connectivity index (χ2n) is 6.04. The molecule has 5 nitrogen and oxygen atoms in total. The van der Waals surface area contributed by atoms with Gasteiger partial charge in [0.15, 0.2) is 0 Å². The van der Waals surface area contributed by atoms with Gasteiger partial charge in [-0.05, 0) is 55.2 Å². The number of carboxylic acids is 1. The Morgan fingerprint density at radius 1 is 1.14 bits per heavy atom. The highest BCUT2D eigenvalue weighted by Gasteiger charge is 2.43. The second kappa shape index (κ2) is 5.42. The fourth-order valence-corrected chi connectivity index (χ4v) is 4.07. The van der Waals surface area contributed by atoms with Gasteiger partial charge in [0.25, 0.3) is 0 Å². The molecule has 0 spiro atoms. The van der Waals surface area contributed by atoms with Gasteiger partial charge in [0.05, 0.1) is 11.3 Å². The van der Waals surface area contributed by atoms with E-state index in [1.54, 1.807) is 12.1 Å². The van der Waals surface area contributed by atoms with Gasteiger partial charge in [-0.1, -0.05) is 12.1 Å². The zero-order valence-corrected chi connectivity index (χ0v) is 12.5. The maximum Gasteiger partial charge on any atom is 0.307 e. The molecule has 0 atom stereocenters. The minimum Gasteiger partial charge on any atom is -0.481 e. The molecule has 6 heteroatoms. The lowest BCUT2D eigenvalue weighted by Crippen LogP contribution is -2.38. The van der Waals surface area contributed by atoms with Crippen LogP contribution in [0.2, 0.25) is 0 Å². The number of hydrogen-bond acceptors (Lipinski definition) is 3. The molecule has 1 aromatic rings. The summed E-state index contributed by atoms with van der Waals surface area (Å²) >= 11 is 0. The lowest BCUT2D eigenvalue weighted by atomic mass is 10.1. The van der Waals surface area contributed by atoms with E-state index in [-0.39, 0.29) is 17.4 Å². The van der Waals surface area contributed by atoms with Crippen LogP contribution in [0.3, 0.4) is 0 Å². The summed E-state index contributed by atoms with van der Waals surface area (Å²) < 4.78 is 27.7. The molecule has 0 aromatic heterocycles. The van der Waals surface area contributed by atoms with Gasteiger partial charge >= 0.3 is 5.97 Å². The SMILES string of the molecule is O=C(O)Cc1ccc(S(=O)(=O)NC(C2CC2)C2CC2)cc1. The summed E-state index contributed by atoms with van der Waals surface area (Å²) in [5, 5.41) is 8.72. The quantitative estimate of drug-likeness (QED) is 0.804. The van der Waals surface area contributed by atoms with E-state index in [1.165, 1.54) is 12.1 Å². The number of sulfonamides is 1. The second-order valence-corrected chi connectivity index (χ2v) is 7.75. The molecule has 114 valence electrons. The number of carbonyl (C=O) groups is 1. The summed E-state index contributed by atoms with van der Waals surface area (Å²) in [5.41, 5.74) is 0.599. The van der Waals surface area contributed by atoms with Crippen molar-refractivity contribution < 1.29 is 18.3 Å². The smallest absolute Gasteiger partial charge is 0.307 e. The molecule has 3 rings (SSSR count). The first kappa shape index (κ1) is 14.5. The summed E-state index contributed by atoms with van der Waals surface area (Å²) in [6, 6.07) is 6.17. The first-order chi connectivity index (χ1) is 9.95. The molecule has 0 radical (unpaired) electrons. The molecule has 2 aliphatic rings. The van der Waals surface area contributed by atoms with Crippen LogP contribution in [0.25, 0.3) is 0 Å². The molecule has 2 saturated carbocycles. The van der Waals surface area contributed by atoms with Gasteiger partial charge in [-0.2, -0.15) is 0 Å². The summed E-state index contributed by atoms with van der Waals surface area (Å²) in [5.74, 6) is 0.0726. The lowest BCUT2D eigenvalue weighted by Gasteiger charge is -2.17. The van der Waals surface area contributed by atoms with E-state index in [4.69, 9.17) is 5.11 Å². The highest BCUT2D eigenvalue weighted by atomic mass is 32.2. The third-order valence-electron chi connectivity index (χ3n) is 4.14. The van der Waals surface area contributed by atoms with Crippen LogP contribution >= 0.6 is 0 Å². The van der Waals surface area contributed by atoms with Gasteiger partial charge in [0.2, 0.25) is 10.0 Å².